The van der Waals surface area contributed by atoms with E-state index >= 15 is 0 Å². The highest BCUT2D eigenvalue weighted by atomic mass is 16.3. The number of aromatic hydroxyl groups is 2. The van der Waals surface area contributed by atoms with Crippen LogP contribution in [0, 0.1) is 0 Å². The molecular weight excluding hydrogens is 258 g/mol. The molecule has 2 rings (SSSR count). The smallest absolute Gasteiger partial charge is 0.255 e. The molecule has 5 heteroatoms. The Labute approximate surface area is 116 Å². The molecule has 1 amide bonds. The predicted molar refractivity (Wildman–Crippen MR) is 73.5 cm³/mol. The number of carbonyl (C=O) groups is 1. The van der Waals surface area contributed by atoms with Crippen molar-refractivity contribution < 1.29 is 20.1 Å². The molecule has 0 aliphatic heterocycles. The van der Waals surface area contributed by atoms with Gasteiger partial charge in [0.1, 0.15) is 11.5 Å². The van der Waals surface area contributed by atoms with Crippen molar-refractivity contribution in [2.24, 2.45) is 0 Å². The van der Waals surface area contributed by atoms with Crippen LogP contribution in [0.25, 0.3) is 0 Å². The fourth-order valence-corrected chi connectivity index (χ4v) is 1.87. The molecular formula is C15H15NO4. The van der Waals surface area contributed by atoms with Crippen LogP contribution in [-0.2, 0) is 0 Å². The summed E-state index contributed by atoms with van der Waals surface area (Å²) in [6, 6.07) is 12.2. The van der Waals surface area contributed by atoms with Crippen LogP contribution in [-0.4, -0.2) is 27.8 Å². The van der Waals surface area contributed by atoms with Crippen molar-refractivity contribution in [1.29, 1.82) is 0 Å². The number of hydrogen-bond acceptors (Lipinski definition) is 4. The van der Waals surface area contributed by atoms with Gasteiger partial charge in [-0.15, -0.1) is 0 Å². The number of phenols is 2. The van der Waals surface area contributed by atoms with E-state index in [0.717, 1.165) is 11.6 Å². The van der Waals surface area contributed by atoms with Gasteiger partial charge in [-0.25, -0.2) is 0 Å². The first-order chi connectivity index (χ1) is 9.61. The normalized spacial score (nSPS) is 11.8. The van der Waals surface area contributed by atoms with Crippen LogP contribution in [0.1, 0.15) is 22.0 Å². The molecule has 0 bridgehead atoms. The number of aliphatic hydroxyl groups is 1. The Morgan fingerprint density at radius 2 is 1.80 bits per heavy atom. The van der Waals surface area contributed by atoms with Crippen molar-refractivity contribution in [2.75, 3.05) is 6.61 Å². The molecule has 0 aromatic heterocycles. The maximum absolute atomic E-state index is 12.1. The van der Waals surface area contributed by atoms with Crippen LogP contribution in [0.3, 0.4) is 0 Å². The number of hydrogen-bond donors (Lipinski definition) is 4. The first-order valence-corrected chi connectivity index (χ1v) is 6.10. The zero-order valence-corrected chi connectivity index (χ0v) is 10.7. The van der Waals surface area contributed by atoms with Gasteiger partial charge in [-0.2, -0.15) is 0 Å². The summed E-state index contributed by atoms with van der Waals surface area (Å²) in [4.78, 5) is 12.1. The summed E-state index contributed by atoms with van der Waals surface area (Å²) in [6.07, 6.45) is 0. The highest BCUT2D eigenvalue weighted by molar-refractivity contribution is 5.97. The van der Waals surface area contributed by atoms with Gasteiger partial charge in [-0.3, -0.25) is 4.79 Å². The summed E-state index contributed by atoms with van der Waals surface area (Å²) in [5, 5.41) is 30.8. The van der Waals surface area contributed by atoms with Crippen LogP contribution in [0.5, 0.6) is 11.5 Å². The van der Waals surface area contributed by atoms with Crippen molar-refractivity contribution in [1.82, 2.24) is 5.32 Å². The molecule has 0 heterocycles. The molecule has 2 aromatic carbocycles. The van der Waals surface area contributed by atoms with Gasteiger partial charge in [0.25, 0.3) is 5.91 Å². The van der Waals surface area contributed by atoms with E-state index in [1.807, 2.05) is 18.2 Å². The van der Waals surface area contributed by atoms with Crippen LogP contribution in [0.15, 0.2) is 48.5 Å². The highest BCUT2D eigenvalue weighted by Crippen LogP contribution is 2.23. The lowest BCUT2D eigenvalue weighted by molar-refractivity contribution is 0.0913. The van der Waals surface area contributed by atoms with Crippen molar-refractivity contribution in [3.8, 4) is 11.5 Å². The van der Waals surface area contributed by atoms with E-state index in [1.165, 1.54) is 12.1 Å². The summed E-state index contributed by atoms with van der Waals surface area (Å²) in [6.45, 7) is -0.255. The molecule has 0 unspecified atom stereocenters. The molecule has 0 saturated carbocycles. The van der Waals surface area contributed by atoms with Crippen molar-refractivity contribution in [3.05, 3.63) is 59.7 Å². The molecule has 1 atom stereocenters. The number of aliphatic hydroxyl groups excluding tert-OH is 1. The minimum atomic E-state index is -0.558. The summed E-state index contributed by atoms with van der Waals surface area (Å²) >= 11 is 0. The van der Waals surface area contributed by atoms with Crippen LogP contribution in [0.2, 0.25) is 0 Å². The largest absolute Gasteiger partial charge is 0.508 e. The first-order valence-electron chi connectivity index (χ1n) is 6.10. The minimum absolute atomic E-state index is 0.0391. The zero-order valence-electron chi connectivity index (χ0n) is 10.7. The lowest BCUT2D eigenvalue weighted by Gasteiger charge is -2.17. The Balaban J connectivity index is 2.17. The van der Waals surface area contributed by atoms with E-state index in [-0.39, 0.29) is 23.7 Å². The maximum Gasteiger partial charge on any atom is 0.255 e. The molecule has 0 spiro atoms. The topological polar surface area (TPSA) is 89.8 Å². The van der Waals surface area contributed by atoms with Crippen molar-refractivity contribution in [2.45, 2.75) is 6.04 Å². The fourth-order valence-electron chi connectivity index (χ4n) is 1.87. The molecule has 20 heavy (non-hydrogen) atoms. The number of rotatable bonds is 4. The highest BCUT2D eigenvalue weighted by Gasteiger charge is 2.17. The number of benzene rings is 2. The van der Waals surface area contributed by atoms with Crippen LogP contribution < -0.4 is 5.32 Å². The van der Waals surface area contributed by atoms with Crippen molar-refractivity contribution >= 4 is 5.91 Å². The standard InChI is InChI=1S/C15H15NO4/c17-9-13(10-4-2-1-3-5-10)16-15(20)12-7-6-11(18)8-14(12)19/h1-8,13,17-19H,9H2,(H,16,20)/t13-/m0/s1. The van der Waals surface area contributed by atoms with Gasteiger partial charge in [0.15, 0.2) is 0 Å². The Morgan fingerprint density at radius 3 is 2.40 bits per heavy atom. The Kier molecular flexibility index (Phi) is 4.22. The second-order valence-corrected chi connectivity index (χ2v) is 4.32. The van der Waals surface area contributed by atoms with Gasteiger partial charge in [0, 0.05) is 6.07 Å². The molecule has 0 aliphatic carbocycles. The molecule has 2 aromatic rings. The Bertz CT molecular complexity index is 598. The molecule has 4 N–H and O–H groups in total. The quantitative estimate of drug-likeness (QED) is 0.680. The summed E-state index contributed by atoms with van der Waals surface area (Å²) in [5.41, 5.74) is 0.804. The second kappa shape index (κ2) is 6.08. The number of phenolic OH excluding ortho intramolecular Hbond substituents is 2. The molecule has 0 radical (unpaired) electrons. The van der Waals surface area contributed by atoms with Gasteiger partial charge >= 0.3 is 0 Å². The SMILES string of the molecule is O=C(N[C@@H](CO)c1ccccc1)c1ccc(O)cc1O. The number of amides is 1. The predicted octanol–water partition coefficient (Wildman–Crippen LogP) is 1.56. The minimum Gasteiger partial charge on any atom is -0.508 e. The van der Waals surface area contributed by atoms with E-state index in [2.05, 4.69) is 5.32 Å². The molecule has 104 valence electrons. The third-order valence-electron chi connectivity index (χ3n) is 2.92. The second-order valence-electron chi connectivity index (χ2n) is 4.32. The van der Waals surface area contributed by atoms with Gasteiger partial charge < -0.3 is 20.6 Å². The van der Waals surface area contributed by atoms with Crippen LogP contribution >= 0.6 is 0 Å². The summed E-state index contributed by atoms with van der Waals surface area (Å²) < 4.78 is 0. The third-order valence-corrected chi connectivity index (χ3v) is 2.92. The Morgan fingerprint density at radius 1 is 1.10 bits per heavy atom. The number of nitrogens with one attached hydrogen (secondary N) is 1. The monoisotopic (exact) mass is 273 g/mol. The number of carbonyl (C=O) groups excluding carboxylic acids is 1. The molecule has 5 nitrogen and oxygen atoms in total. The third kappa shape index (κ3) is 3.07. The summed E-state index contributed by atoms with van der Waals surface area (Å²) in [5.74, 6) is -0.960. The van der Waals surface area contributed by atoms with Gasteiger partial charge in [-0.1, -0.05) is 30.3 Å². The fraction of sp³-hybridized carbons (Fsp3) is 0.133. The lowest BCUT2D eigenvalue weighted by Crippen LogP contribution is -2.30. The summed E-state index contributed by atoms with van der Waals surface area (Å²) in [7, 11) is 0. The maximum atomic E-state index is 12.1. The average molecular weight is 273 g/mol. The van der Waals surface area contributed by atoms with E-state index < -0.39 is 11.9 Å². The van der Waals surface area contributed by atoms with Crippen molar-refractivity contribution in [3.63, 3.8) is 0 Å². The Hall–Kier alpha value is -2.53. The van der Waals surface area contributed by atoms with Gasteiger partial charge in [-0.05, 0) is 17.7 Å². The van der Waals surface area contributed by atoms with Gasteiger partial charge in [0.05, 0.1) is 18.2 Å². The van der Waals surface area contributed by atoms with E-state index in [1.54, 1.807) is 12.1 Å². The molecule has 0 aliphatic rings. The van der Waals surface area contributed by atoms with Gasteiger partial charge in [0.2, 0.25) is 0 Å². The van der Waals surface area contributed by atoms with Crippen LogP contribution in [0.4, 0.5) is 0 Å². The average Bonchev–Trinajstić information content (AvgIpc) is 2.45. The first kappa shape index (κ1) is 13.9. The molecule has 0 fully saturated rings. The zero-order chi connectivity index (χ0) is 14.5. The lowest BCUT2D eigenvalue weighted by atomic mass is 10.1. The molecule has 0 saturated heterocycles. The van der Waals surface area contributed by atoms with E-state index in [4.69, 9.17) is 0 Å². The van der Waals surface area contributed by atoms with E-state index in [9.17, 15) is 20.1 Å². The van der Waals surface area contributed by atoms with E-state index in [0.29, 0.717) is 0 Å².